The molecular weight excluding hydrogens is 250 g/mol. The molecule has 3 heteroatoms. The summed E-state index contributed by atoms with van der Waals surface area (Å²) in [5.74, 6) is -0.203. The molecule has 3 rings (SSSR count). The van der Waals surface area contributed by atoms with E-state index in [0.29, 0.717) is 0 Å². The fraction of sp³-hybridized carbons (Fsp3) is 0.235. The SMILES string of the molecule is C[C@H]1N[C@H](c2ccccc2)[C@H](c2ccccc2)OC1=O. The van der Waals surface area contributed by atoms with Gasteiger partial charge in [-0.25, -0.2) is 0 Å². The van der Waals surface area contributed by atoms with Gasteiger partial charge in [0.15, 0.2) is 0 Å². The van der Waals surface area contributed by atoms with Gasteiger partial charge in [0.25, 0.3) is 0 Å². The van der Waals surface area contributed by atoms with Crippen molar-refractivity contribution >= 4 is 5.97 Å². The van der Waals surface area contributed by atoms with E-state index in [9.17, 15) is 4.79 Å². The second-order valence-electron chi connectivity index (χ2n) is 5.04. The first kappa shape index (κ1) is 12.9. The Morgan fingerprint density at radius 3 is 2.05 bits per heavy atom. The van der Waals surface area contributed by atoms with Gasteiger partial charge in [-0.2, -0.15) is 0 Å². The number of esters is 1. The van der Waals surface area contributed by atoms with Gasteiger partial charge in [-0.05, 0) is 18.1 Å². The molecule has 3 atom stereocenters. The Labute approximate surface area is 118 Å². The van der Waals surface area contributed by atoms with Gasteiger partial charge in [0.2, 0.25) is 0 Å². The summed E-state index contributed by atoms with van der Waals surface area (Å²) < 4.78 is 5.65. The Bertz CT molecular complexity index is 582. The van der Waals surface area contributed by atoms with Crippen molar-refractivity contribution in [1.29, 1.82) is 0 Å². The van der Waals surface area contributed by atoms with E-state index < -0.39 is 0 Å². The number of carbonyl (C=O) groups is 1. The van der Waals surface area contributed by atoms with E-state index in [4.69, 9.17) is 4.74 Å². The van der Waals surface area contributed by atoms with Gasteiger partial charge in [-0.15, -0.1) is 0 Å². The Kier molecular flexibility index (Phi) is 3.52. The van der Waals surface area contributed by atoms with Crippen LogP contribution in [0.25, 0.3) is 0 Å². The second-order valence-corrected chi connectivity index (χ2v) is 5.04. The summed E-state index contributed by atoms with van der Waals surface area (Å²) in [4.78, 5) is 11.9. The number of rotatable bonds is 2. The van der Waals surface area contributed by atoms with E-state index in [1.54, 1.807) is 0 Å². The van der Waals surface area contributed by atoms with Crippen LogP contribution >= 0.6 is 0 Å². The highest BCUT2D eigenvalue weighted by molar-refractivity contribution is 5.76. The maximum atomic E-state index is 11.9. The summed E-state index contributed by atoms with van der Waals surface area (Å²) in [5, 5.41) is 3.36. The van der Waals surface area contributed by atoms with Crippen LogP contribution in [0.2, 0.25) is 0 Å². The van der Waals surface area contributed by atoms with E-state index in [2.05, 4.69) is 17.4 Å². The van der Waals surface area contributed by atoms with Gasteiger partial charge in [-0.3, -0.25) is 10.1 Å². The lowest BCUT2D eigenvalue weighted by molar-refractivity contribution is -0.160. The molecule has 102 valence electrons. The Balaban J connectivity index is 1.98. The second kappa shape index (κ2) is 5.47. The zero-order valence-corrected chi connectivity index (χ0v) is 11.3. The molecule has 1 aliphatic rings. The summed E-state index contributed by atoms with van der Waals surface area (Å²) in [6, 6.07) is 19.6. The first-order chi connectivity index (χ1) is 9.75. The molecule has 0 spiro atoms. The highest BCUT2D eigenvalue weighted by atomic mass is 16.5. The van der Waals surface area contributed by atoms with Crippen molar-refractivity contribution in [3.8, 4) is 0 Å². The Morgan fingerprint density at radius 1 is 0.900 bits per heavy atom. The minimum Gasteiger partial charge on any atom is -0.454 e. The molecule has 0 radical (unpaired) electrons. The van der Waals surface area contributed by atoms with Gasteiger partial charge in [-0.1, -0.05) is 60.7 Å². The van der Waals surface area contributed by atoms with Crippen LogP contribution in [0.3, 0.4) is 0 Å². The molecule has 0 unspecified atom stereocenters. The minimum absolute atomic E-state index is 0.0219. The molecule has 0 bridgehead atoms. The van der Waals surface area contributed by atoms with Crippen LogP contribution in [0.1, 0.15) is 30.2 Å². The molecular formula is C17H17NO2. The van der Waals surface area contributed by atoms with Crippen molar-refractivity contribution < 1.29 is 9.53 Å². The van der Waals surface area contributed by atoms with Crippen molar-refractivity contribution in [3.05, 3.63) is 71.8 Å². The average Bonchev–Trinajstić information content (AvgIpc) is 2.51. The largest absolute Gasteiger partial charge is 0.454 e. The van der Waals surface area contributed by atoms with Crippen LogP contribution in [-0.2, 0) is 9.53 Å². The number of ether oxygens (including phenoxy) is 1. The molecule has 20 heavy (non-hydrogen) atoms. The first-order valence-electron chi connectivity index (χ1n) is 6.82. The first-order valence-corrected chi connectivity index (χ1v) is 6.82. The molecule has 1 fully saturated rings. The third-order valence-corrected chi connectivity index (χ3v) is 3.62. The van der Waals surface area contributed by atoms with Crippen LogP contribution < -0.4 is 5.32 Å². The Morgan fingerprint density at radius 2 is 1.45 bits per heavy atom. The van der Waals surface area contributed by atoms with E-state index in [1.165, 1.54) is 0 Å². The number of morpholine rings is 1. The van der Waals surface area contributed by atoms with Crippen LogP contribution in [0.4, 0.5) is 0 Å². The molecule has 0 saturated carbocycles. The number of benzene rings is 2. The van der Waals surface area contributed by atoms with Crippen molar-refractivity contribution in [3.63, 3.8) is 0 Å². The molecule has 1 saturated heterocycles. The average molecular weight is 267 g/mol. The highest BCUT2D eigenvalue weighted by Gasteiger charge is 2.36. The summed E-state index contributed by atoms with van der Waals surface area (Å²) in [5.41, 5.74) is 2.13. The van der Waals surface area contributed by atoms with Crippen LogP contribution in [0, 0.1) is 0 Å². The van der Waals surface area contributed by atoms with Crippen LogP contribution in [-0.4, -0.2) is 12.0 Å². The van der Waals surface area contributed by atoms with Gasteiger partial charge in [0.05, 0.1) is 6.04 Å². The fourth-order valence-electron chi connectivity index (χ4n) is 2.55. The monoisotopic (exact) mass is 267 g/mol. The number of nitrogens with one attached hydrogen (secondary N) is 1. The fourth-order valence-corrected chi connectivity index (χ4v) is 2.55. The molecule has 1 heterocycles. The molecule has 0 aliphatic carbocycles. The predicted molar refractivity (Wildman–Crippen MR) is 77.1 cm³/mol. The summed E-state index contributed by atoms with van der Waals surface area (Å²) in [6.07, 6.45) is -0.290. The number of carbonyl (C=O) groups excluding carboxylic acids is 1. The van der Waals surface area contributed by atoms with Gasteiger partial charge < -0.3 is 4.74 Å². The minimum atomic E-state index is -0.292. The molecule has 2 aromatic rings. The van der Waals surface area contributed by atoms with Crippen molar-refractivity contribution in [1.82, 2.24) is 5.32 Å². The maximum absolute atomic E-state index is 11.9. The molecule has 2 aromatic carbocycles. The van der Waals surface area contributed by atoms with Gasteiger partial charge >= 0.3 is 5.97 Å². The van der Waals surface area contributed by atoms with E-state index in [-0.39, 0.29) is 24.2 Å². The van der Waals surface area contributed by atoms with E-state index in [0.717, 1.165) is 11.1 Å². The van der Waals surface area contributed by atoms with E-state index >= 15 is 0 Å². The molecule has 0 aromatic heterocycles. The lowest BCUT2D eigenvalue weighted by Crippen LogP contribution is -2.47. The van der Waals surface area contributed by atoms with Crippen LogP contribution in [0.5, 0.6) is 0 Å². The predicted octanol–water partition coefficient (Wildman–Crippen LogP) is 3.00. The van der Waals surface area contributed by atoms with Crippen molar-refractivity contribution in [2.75, 3.05) is 0 Å². The lowest BCUT2D eigenvalue weighted by atomic mass is 9.93. The van der Waals surface area contributed by atoms with E-state index in [1.807, 2.05) is 55.5 Å². The topological polar surface area (TPSA) is 38.3 Å². The number of hydrogen-bond donors (Lipinski definition) is 1. The third kappa shape index (κ3) is 2.45. The van der Waals surface area contributed by atoms with Crippen molar-refractivity contribution in [2.45, 2.75) is 25.1 Å². The molecule has 1 N–H and O–H groups in total. The summed E-state index contributed by atoms with van der Waals surface area (Å²) >= 11 is 0. The highest BCUT2D eigenvalue weighted by Crippen LogP contribution is 2.35. The van der Waals surface area contributed by atoms with Crippen LogP contribution in [0.15, 0.2) is 60.7 Å². The van der Waals surface area contributed by atoms with Gasteiger partial charge in [0, 0.05) is 0 Å². The number of cyclic esters (lactones) is 1. The molecule has 1 aliphatic heterocycles. The Hall–Kier alpha value is -2.13. The maximum Gasteiger partial charge on any atom is 0.323 e. The van der Waals surface area contributed by atoms with Crippen molar-refractivity contribution in [2.24, 2.45) is 0 Å². The zero-order chi connectivity index (χ0) is 13.9. The standard InChI is InChI=1S/C17H17NO2/c1-12-17(19)20-16(14-10-6-3-7-11-14)15(18-12)13-8-4-2-5-9-13/h2-12,15-16,18H,1H3/t12-,15-,16+/m1/s1. The summed E-state index contributed by atoms with van der Waals surface area (Å²) in [6.45, 7) is 1.83. The smallest absolute Gasteiger partial charge is 0.323 e. The molecule has 0 amide bonds. The third-order valence-electron chi connectivity index (χ3n) is 3.62. The quantitative estimate of drug-likeness (QED) is 0.850. The zero-order valence-electron chi connectivity index (χ0n) is 11.3. The van der Waals surface area contributed by atoms with Gasteiger partial charge in [0.1, 0.15) is 12.1 Å². The summed E-state index contributed by atoms with van der Waals surface area (Å²) in [7, 11) is 0. The normalized spacial score (nSPS) is 26.1. The molecule has 3 nitrogen and oxygen atoms in total. The number of hydrogen-bond acceptors (Lipinski definition) is 3. The lowest BCUT2D eigenvalue weighted by Gasteiger charge is -2.36.